The van der Waals surface area contributed by atoms with E-state index in [9.17, 15) is 4.79 Å². The number of hydrogen-bond acceptors (Lipinski definition) is 3. The SMILES string of the molecule is CN(C)CCNC(=O)c1cc2sccc2n1Cc1ccccc1Cl. The summed E-state index contributed by atoms with van der Waals surface area (Å²) in [6.07, 6.45) is 0. The summed E-state index contributed by atoms with van der Waals surface area (Å²) in [6.45, 7) is 2.01. The van der Waals surface area contributed by atoms with E-state index in [4.69, 9.17) is 11.6 Å². The van der Waals surface area contributed by atoms with Gasteiger partial charge in [0, 0.05) is 24.7 Å². The molecular weight excluding hydrogens is 342 g/mol. The van der Waals surface area contributed by atoms with Gasteiger partial charge in [-0.05, 0) is 43.2 Å². The Balaban J connectivity index is 1.89. The Morgan fingerprint density at radius 3 is 2.83 bits per heavy atom. The quantitative estimate of drug-likeness (QED) is 0.727. The Morgan fingerprint density at radius 1 is 1.29 bits per heavy atom. The van der Waals surface area contributed by atoms with Gasteiger partial charge in [0.25, 0.3) is 5.91 Å². The molecule has 24 heavy (non-hydrogen) atoms. The van der Waals surface area contributed by atoms with Crippen LogP contribution < -0.4 is 5.32 Å². The van der Waals surface area contributed by atoms with Gasteiger partial charge in [0.1, 0.15) is 5.69 Å². The molecule has 0 unspecified atom stereocenters. The zero-order valence-electron chi connectivity index (χ0n) is 13.8. The summed E-state index contributed by atoms with van der Waals surface area (Å²) in [5, 5.41) is 5.75. The van der Waals surface area contributed by atoms with E-state index in [0.717, 1.165) is 22.3 Å². The van der Waals surface area contributed by atoms with Crippen LogP contribution in [0.4, 0.5) is 0 Å². The molecule has 1 amide bonds. The maximum atomic E-state index is 12.6. The largest absolute Gasteiger partial charge is 0.349 e. The van der Waals surface area contributed by atoms with E-state index in [1.165, 1.54) is 0 Å². The molecule has 0 radical (unpaired) electrons. The van der Waals surface area contributed by atoms with Crippen LogP contribution in [-0.4, -0.2) is 42.6 Å². The number of likely N-dealkylation sites (N-methyl/N-ethyl adjacent to an activating group) is 1. The van der Waals surface area contributed by atoms with Gasteiger partial charge in [-0.2, -0.15) is 0 Å². The summed E-state index contributed by atoms with van der Waals surface area (Å²) in [5.74, 6) is -0.0488. The van der Waals surface area contributed by atoms with Crippen LogP contribution in [-0.2, 0) is 6.54 Å². The molecule has 0 fully saturated rings. The highest BCUT2D eigenvalue weighted by molar-refractivity contribution is 7.17. The van der Waals surface area contributed by atoms with E-state index in [-0.39, 0.29) is 5.91 Å². The topological polar surface area (TPSA) is 37.3 Å². The average Bonchev–Trinajstić information content (AvgIpc) is 3.11. The lowest BCUT2D eigenvalue weighted by molar-refractivity contribution is 0.0942. The summed E-state index contributed by atoms with van der Waals surface area (Å²) >= 11 is 7.94. The molecule has 3 aromatic rings. The number of fused-ring (bicyclic) bond motifs is 1. The number of carbonyl (C=O) groups is 1. The molecule has 2 aromatic heterocycles. The number of rotatable bonds is 6. The number of halogens is 1. The predicted molar refractivity (Wildman–Crippen MR) is 101 cm³/mol. The van der Waals surface area contributed by atoms with Crippen LogP contribution in [0.25, 0.3) is 10.2 Å². The lowest BCUT2D eigenvalue weighted by Crippen LogP contribution is -2.32. The van der Waals surface area contributed by atoms with Crippen molar-refractivity contribution in [3.8, 4) is 0 Å². The van der Waals surface area contributed by atoms with Crippen LogP contribution in [0.1, 0.15) is 16.1 Å². The van der Waals surface area contributed by atoms with Crippen molar-refractivity contribution in [2.24, 2.45) is 0 Å². The normalized spacial score (nSPS) is 11.3. The number of benzene rings is 1. The molecule has 0 aliphatic carbocycles. The molecule has 0 atom stereocenters. The molecule has 2 heterocycles. The van der Waals surface area contributed by atoms with Crippen molar-refractivity contribution in [2.75, 3.05) is 27.2 Å². The average molecular weight is 362 g/mol. The van der Waals surface area contributed by atoms with Gasteiger partial charge in [-0.1, -0.05) is 29.8 Å². The summed E-state index contributed by atoms with van der Waals surface area (Å²) in [6, 6.07) is 11.8. The van der Waals surface area contributed by atoms with E-state index in [0.29, 0.717) is 23.8 Å². The fourth-order valence-electron chi connectivity index (χ4n) is 2.62. The molecular formula is C18H20ClN3OS. The lowest BCUT2D eigenvalue weighted by Gasteiger charge is -2.13. The van der Waals surface area contributed by atoms with E-state index < -0.39 is 0 Å². The highest BCUT2D eigenvalue weighted by Gasteiger charge is 2.17. The first-order valence-electron chi connectivity index (χ1n) is 7.79. The molecule has 0 saturated carbocycles. The van der Waals surface area contributed by atoms with Crippen LogP contribution in [0.15, 0.2) is 41.8 Å². The van der Waals surface area contributed by atoms with Gasteiger partial charge in [-0.15, -0.1) is 11.3 Å². The number of hydrogen-bond donors (Lipinski definition) is 1. The van der Waals surface area contributed by atoms with Crippen molar-refractivity contribution in [3.63, 3.8) is 0 Å². The number of amides is 1. The molecule has 6 heteroatoms. The summed E-state index contributed by atoms with van der Waals surface area (Å²) < 4.78 is 3.15. The smallest absolute Gasteiger partial charge is 0.268 e. The second kappa shape index (κ2) is 7.38. The third-order valence-corrected chi connectivity index (χ3v) is 5.11. The van der Waals surface area contributed by atoms with E-state index in [2.05, 4.69) is 5.32 Å². The molecule has 0 aliphatic rings. The zero-order valence-corrected chi connectivity index (χ0v) is 15.3. The van der Waals surface area contributed by atoms with Crippen molar-refractivity contribution in [2.45, 2.75) is 6.54 Å². The van der Waals surface area contributed by atoms with Gasteiger partial charge in [0.2, 0.25) is 0 Å². The first-order chi connectivity index (χ1) is 11.6. The Kier molecular flexibility index (Phi) is 5.23. The van der Waals surface area contributed by atoms with E-state index in [1.54, 1.807) is 11.3 Å². The number of nitrogens with zero attached hydrogens (tertiary/aromatic N) is 2. The monoisotopic (exact) mass is 361 g/mol. The van der Waals surface area contributed by atoms with Gasteiger partial charge >= 0.3 is 0 Å². The highest BCUT2D eigenvalue weighted by Crippen LogP contribution is 2.27. The first kappa shape index (κ1) is 17.0. The predicted octanol–water partition coefficient (Wildman–Crippen LogP) is 3.70. The fraction of sp³-hybridized carbons (Fsp3) is 0.278. The van der Waals surface area contributed by atoms with Crippen molar-refractivity contribution in [1.29, 1.82) is 0 Å². The molecule has 0 spiro atoms. The number of thiophene rings is 1. The minimum Gasteiger partial charge on any atom is -0.349 e. The molecule has 1 aromatic carbocycles. The van der Waals surface area contributed by atoms with Crippen LogP contribution >= 0.6 is 22.9 Å². The Labute approximate surface area is 150 Å². The molecule has 0 bridgehead atoms. The second-order valence-corrected chi connectivity index (χ2v) is 7.29. The Hall–Kier alpha value is -1.82. The molecule has 4 nitrogen and oxygen atoms in total. The second-order valence-electron chi connectivity index (χ2n) is 5.94. The van der Waals surface area contributed by atoms with Gasteiger partial charge in [-0.3, -0.25) is 4.79 Å². The molecule has 3 rings (SSSR count). The summed E-state index contributed by atoms with van der Waals surface area (Å²) in [5.41, 5.74) is 2.75. The van der Waals surface area contributed by atoms with E-state index in [1.807, 2.05) is 65.3 Å². The van der Waals surface area contributed by atoms with Gasteiger partial charge in [0.05, 0.1) is 10.2 Å². The van der Waals surface area contributed by atoms with Gasteiger partial charge in [0.15, 0.2) is 0 Å². The molecule has 1 N–H and O–H groups in total. The van der Waals surface area contributed by atoms with Crippen LogP contribution in [0, 0.1) is 0 Å². The van der Waals surface area contributed by atoms with Crippen LogP contribution in [0.5, 0.6) is 0 Å². The van der Waals surface area contributed by atoms with Gasteiger partial charge < -0.3 is 14.8 Å². The summed E-state index contributed by atoms with van der Waals surface area (Å²) in [4.78, 5) is 14.7. The number of aromatic nitrogens is 1. The highest BCUT2D eigenvalue weighted by atomic mass is 35.5. The Morgan fingerprint density at radius 2 is 2.08 bits per heavy atom. The van der Waals surface area contributed by atoms with E-state index >= 15 is 0 Å². The Bertz CT molecular complexity index is 853. The standard InChI is InChI=1S/C18H20ClN3OS/c1-21(2)9-8-20-18(23)16-11-17-15(7-10-24-17)22(16)12-13-5-3-4-6-14(13)19/h3-7,10-11H,8-9,12H2,1-2H3,(H,20,23). The molecule has 126 valence electrons. The van der Waals surface area contributed by atoms with Crippen LogP contribution in [0.3, 0.4) is 0 Å². The van der Waals surface area contributed by atoms with Crippen molar-refractivity contribution < 1.29 is 4.79 Å². The van der Waals surface area contributed by atoms with Crippen molar-refractivity contribution in [1.82, 2.24) is 14.8 Å². The van der Waals surface area contributed by atoms with Crippen molar-refractivity contribution >= 4 is 39.1 Å². The molecule has 0 aliphatic heterocycles. The third kappa shape index (κ3) is 3.64. The third-order valence-electron chi connectivity index (χ3n) is 3.89. The zero-order chi connectivity index (χ0) is 17.1. The lowest BCUT2D eigenvalue weighted by atomic mass is 10.2. The maximum Gasteiger partial charge on any atom is 0.268 e. The maximum absolute atomic E-state index is 12.6. The number of nitrogens with one attached hydrogen (secondary N) is 1. The minimum atomic E-state index is -0.0488. The minimum absolute atomic E-state index is 0.0488. The van der Waals surface area contributed by atoms with Gasteiger partial charge in [-0.25, -0.2) is 0 Å². The molecule has 0 saturated heterocycles. The fourth-order valence-corrected chi connectivity index (χ4v) is 3.63. The number of carbonyl (C=O) groups excluding carboxylic acids is 1. The first-order valence-corrected chi connectivity index (χ1v) is 9.05. The van der Waals surface area contributed by atoms with Crippen molar-refractivity contribution in [3.05, 3.63) is 58.1 Å². The summed E-state index contributed by atoms with van der Waals surface area (Å²) in [7, 11) is 3.98. The van der Waals surface area contributed by atoms with Crippen LogP contribution in [0.2, 0.25) is 5.02 Å².